The van der Waals surface area contributed by atoms with Crippen molar-refractivity contribution >= 4 is 29.6 Å². The molecule has 0 unspecified atom stereocenters. The lowest BCUT2D eigenvalue weighted by atomic mass is 10.1. The van der Waals surface area contributed by atoms with Gasteiger partial charge in [-0.25, -0.2) is 4.79 Å². The van der Waals surface area contributed by atoms with E-state index in [9.17, 15) is 9.59 Å². The normalized spacial score (nSPS) is 11.2. The molecular weight excluding hydrogens is 244 g/mol. The predicted octanol–water partition coefficient (Wildman–Crippen LogP) is 2.67. The lowest BCUT2D eigenvalue weighted by Crippen LogP contribution is -2.04. The van der Waals surface area contributed by atoms with Crippen molar-refractivity contribution in [2.45, 2.75) is 12.8 Å². The maximum atomic E-state index is 10.9. The van der Waals surface area contributed by atoms with Crippen molar-refractivity contribution in [3.63, 3.8) is 0 Å². The Bertz CT molecular complexity index is 465. The monoisotopic (exact) mass is 254 g/mol. The maximum absolute atomic E-state index is 10.9. The smallest absolute Gasteiger partial charge is 0.331 e. The van der Waals surface area contributed by atoms with E-state index in [2.05, 4.69) is 0 Å². The molecule has 90 valence electrons. The van der Waals surface area contributed by atoms with Crippen LogP contribution in [0.4, 0.5) is 0 Å². The number of halogens is 1. The summed E-state index contributed by atoms with van der Waals surface area (Å²) in [4.78, 5) is 21.3. The van der Waals surface area contributed by atoms with Crippen molar-refractivity contribution in [2.75, 3.05) is 0 Å². The second kappa shape index (κ2) is 6.06. The molecule has 1 rings (SSSR count). The van der Waals surface area contributed by atoms with E-state index in [4.69, 9.17) is 21.8 Å². The molecule has 0 aliphatic carbocycles. The first-order valence-corrected chi connectivity index (χ1v) is 5.28. The lowest BCUT2D eigenvalue weighted by molar-refractivity contribution is -0.137. The molecule has 0 spiro atoms. The first-order valence-electron chi connectivity index (χ1n) is 4.91. The summed E-state index contributed by atoms with van der Waals surface area (Å²) in [5.74, 6) is -2.16. The van der Waals surface area contributed by atoms with Crippen LogP contribution in [0.25, 0.3) is 6.08 Å². The fourth-order valence-electron chi connectivity index (χ4n) is 1.26. The SMILES string of the molecule is O=C(O)CC/C(=C\c1ccccc1Cl)C(=O)O. The van der Waals surface area contributed by atoms with Crippen molar-refractivity contribution in [1.82, 2.24) is 0 Å². The highest BCUT2D eigenvalue weighted by Crippen LogP contribution is 2.20. The molecule has 0 aromatic heterocycles. The van der Waals surface area contributed by atoms with Gasteiger partial charge in [0.2, 0.25) is 0 Å². The molecule has 0 radical (unpaired) electrons. The third-order valence-corrected chi connectivity index (χ3v) is 2.46. The Morgan fingerprint density at radius 1 is 1.18 bits per heavy atom. The van der Waals surface area contributed by atoms with E-state index >= 15 is 0 Å². The minimum absolute atomic E-state index is 0.0282. The van der Waals surface area contributed by atoms with Gasteiger partial charge in [0.05, 0.1) is 0 Å². The molecule has 4 nitrogen and oxygen atoms in total. The van der Waals surface area contributed by atoms with Gasteiger partial charge < -0.3 is 10.2 Å². The third-order valence-electron chi connectivity index (χ3n) is 2.12. The first kappa shape index (κ1) is 13.3. The zero-order valence-electron chi connectivity index (χ0n) is 8.89. The molecule has 2 N–H and O–H groups in total. The van der Waals surface area contributed by atoms with Crippen LogP contribution >= 0.6 is 11.6 Å². The van der Waals surface area contributed by atoms with Gasteiger partial charge in [0.25, 0.3) is 0 Å². The van der Waals surface area contributed by atoms with E-state index in [1.807, 2.05) is 0 Å². The molecule has 0 fully saturated rings. The average Bonchev–Trinajstić information content (AvgIpc) is 2.25. The summed E-state index contributed by atoms with van der Waals surface area (Å²) in [5, 5.41) is 17.9. The number of hydrogen-bond donors (Lipinski definition) is 2. The van der Waals surface area contributed by atoms with E-state index in [0.717, 1.165) is 0 Å². The van der Waals surface area contributed by atoms with Crippen molar-refractivity contribution in [1.29, 1.82) is 0 Å². The van der Waals surface area contributed by atoms with Gasteiger partial charge in [0, 0.05) is 17.0 Å². The highest BCUT2D eigenvalue weighted by Gasteiger charge is 2.10. The van der Waals surface area contributed by atoms with E-state index < -0.39 is 11.9 Å². The fraction of sp³-hybridized carbons (Fsp3) is 0.167. The molecular formula is C12H11ClO4. The number of carbonyl (C=O) groups is 2. The topological polar surface area (TPSA) is 74.6 Å². The molecule has 0 aliphatic heterocycles. The Kier molecular flexibility index (Phi) is 4.72. The number of hydrogen-bond acceptors (Lipinski definition) is 2. The molecule has 0 atom stereocenters. The second-order valence-electron chi connectivity index (χ2n) is 3.39. The molecule has 0 saturated heterocycles. The summed E-state index contributed by atoms with van der Waals surface area (Å²) >= 11 is 5.88. The molecule has 0 aliphatic rings. The molecule has 0 bridgehead atoms. The van der Waals surface area contributed by atoms with Crippen LogP contribution in [0.2, 0.25) is 5.02 Å². The Balaban J connectivity index is 2.94. The molecule has 1 aromatic carbocycles. The van der Waals surface area contributed by atoms with Gasteiger partial charge in [-0.2, -0.15) is 0 Å². The molecule has 17 heavy (non-hydrogen) atoms. The van der Waals surface area contributed by atoms with Crippen LogP contribution in [-0.4, -0.2) is 22.2 Å². The predicted molar refractivity (Wildman–Crippen MR) is 63.9 cm³/mol. The summed E-state index contributed by atoms with van der Waals surface area (Å²) in [6, 6.07) is 6.78. The van der Waals surface area contributed by atoms with Gasteiger partial charge in [-0.3, -0.25) is 4.79 Å². The van der Waals surface area contributed by atoms with Crippen molar-refractivity contribution in [2.24, 2.45) is 0 Å². The quantitative estimate of drug-likeness (QED) is 0.792. The number of carboxylic acid groups (broad SMARTS) is 2. The van der Waals surface area contributed by atoms with E-state index in [1.165, 1.54) is 6.08 Å². The largest absolute Gasteiger partial charge is 0.481 e. The van der Waals surface area contributed by atoms with Crippen molar-refractivity contribution < 1.29 is 19.8 Å². The van der Waals surface area contributed by atoms with Gasteiger partial charge in [0.1, 0.15) is 0 Å². The van der Waals surface area contributed by atoms with Crippen LogP contribution in [0.15, 0.2) is 29.8 Å². The highest BCUT2D eigenvalue weighted by molar-refractivity contribution is 6.32. The summed E-state index contributed by atoms with van der Waals surface area (Å²) in [7, 11) is 0. The highest BCUT2D eigenvalue weighted by atomic mass is 35.5. The second-order valence-corrected chi connectivity index (χ2v) is 3.80. The molecule has 5 heteroatoms. The summed E-state index contributed by atoms with van der Waals surface area (Å²) in [6.45, 7) is 0. The summed E-state index contributed by atoms with van der Waals surface area (Å²) < 4.78 is 0. The van der Waals surface area contributed by atoms with Crippen LogP contribution in [0.3, 0.4) is 0 Å². The van der Waals surface area contributed by atoms with E-state index in [-0.39, 0.29) is 18.4 Å². The molecule has 1 aromatic rings. The van der Waals surface area contributed by atoms with Gasteiger partial charge in [-0.15, -0.1) is 0 Å². The Morgan fingerprint density at radius 3 is 2.35 bits per heavy atom. The molecule has 0 amide bonds. The first-order chi connectivity index (χ1) is 8.00. The summed E-state index contributed by atoms with van der Waals surface area (Å²) in [6.07, 6.45) is 1.14. The van der Waals surface area contributed by atoms with Gasteiger partial charge in [0.15, 0.2) is 0 Å². The molecule has 0 saturated carbocycles. The van der Waals surface area contributed by atoms with Crippen molar-refractivity contribution in [3.05, 3.63) is 40.4 Å². The van der Waals surface area contributed by atoms with Crippen molar-refractivity contribution in [3.8, 4) is 0 Å². The third kappa shape index (κ3) is 4.28. The zero-order valence-corrected chi connectivity index (χ0v) is 9.65. The van der Waals surface area contributed by atoms with Gasteiger partial charge >= 0.3 is 11.9 Å². The molecule has 0 heterocycles. The number of carboxylic acids is 2. The summed E-state index contributed by atoms with van der Waals surface area (Å²) in [5.41, 5.74) is 0.595. The number of benzene rings is 1. The Morgan fingerprint density at radius 2 is 1.82 bits per heavy atom. The van der Waals surface area contributed by atoms with Crippen LogP contribution in [-0.2, 0) is 9.59 Å². The van der Waals surface area contributed by atoms with Crippen LogP contribution < -0.4 is 0 Å². The Labute approximate surface area is 103 Å². The maximum Gasteiger partial charge on any atom is 0.331 e. The number of aliphatic carboxylic acids is 2. The minimum Gasteiger partial charge on any atom is -0.481 e. The standard InChI is InChI=1S/C12H11ClO4/c13-10-4-2-1-3-8(10)7-9(12(16)17)5-6-11(14)15/h1-4,7H,5-6H2,(H,14,15)(H,16,17)/b9-7+. The van der Waals surface area contributed by atoms with E-state index in [1.54, 1.807) is 24.3 Å². The lowest BCUT2D eigenvalue weighted by Gasteiger charge is -2.02. The number of rotatable bonds is 5. The minimum atomic E-state index is -1.13. The average molecular weight is 255 g/mol. The van der Waals surface area contributed by atoms with E-state index in [0.29, 0.717) is 10.6 Å². The van der Waals surface area contributed by atoms with Crippen LogP contribution in [0.1, 0.15) is 18.4 Å². The zero-order chi connectivity index (χ0) is 12.8. The van der Waals surface area contributed by atoms with Crippen LogP contribution in [0, 0.1) is 0 Å². The van der Waals surface area contributed by atoms with Gasteiger partial charge in [-0.05, 0) is 24.1 Å². The van der Waals surface area contributed by atoms with Crippen LogP contribution in [0.5, 0.6) is 0 Å². The fourth-order valence-corrected chi connectivity index (χ4v) is 1.45. The Hall–Kier alpha value is -1.81. The van der Waals surface area contributed by atoms with Gasteiger partial charge in [-0.1, -0.05) is 29.8 Å².